The van der Waals surface area contributed by atoms with Crippen LogP contribution in [0.1, 0.15) is 16.8 Å². The Morgan fingerprint density at radius 1 is 0.759 bits per heavy atom. The summed E-state index contributed by atoms with van der Waals surface area (Å²) in [6.07, 6.45) is 0. The Labute approximate surface area is 163 Å². The van der Waals surface area contributed by atoms with Crippen LogP contribution >= 0.6 is 0 Å². The topological polar surface area (TPSA) is 130 Å². The molecule has 0 saturated heterocycles. The van der Waals surface area contributed by atoms with Gasteiger partial charge in [0.1, 0.15) is 0 Å². The minimum atomic E-state index is -0.535. The summed E-state index contributed by atoms with van der Waals surface area (Å²) in [5.74, 6) is 0. The maximum absolute atomic E-state index is 12.9. The minimum Gasteiger partial charge on any atom is -0.293 e. The van der Waals surface area contributed by atoms with Crippen molar-refractivity contribution in [1.82, 2.24) is 9.13 Å². The average Bonchev–Trinajstić information content (AvgIpc) is 2.69. The lowest BCUT2D eigenvalue weighted by molar-refractivity contribution is -0.385. The van der Waals surface area contributed by atoms with Crippen molar-refractivity contribution in [2.75, 3.05) is 0 Å². The van der Waals surface area contributed by atoms with Gasteiger partial charge in [0.05, 0.1) is 22.9 Å². The fourth-order valence-corrected chi connectivity index (χ4v) is 2.87. The van der Waals surface area contributed by atoms with Gasteiger partial charge in [-0.1, -0.05) is 24.3 Å². The van der Waals surface area contributed by atoms with Gasteiger partial charge in [-0.2, -0.15) is 0 Å². The largest absolute Gasteiger partial charge is 0.331 e. The van der Waals surface area contributed by atoms with Gasteiger partial charge in [-0.3, -0.25) is 34.2 Å². The van der Waals surface area contributed by atoms with Gasteiger partial charge in [0.2, 0.25) is 0 Å². The minimum absolute atomic E-state index is 0.0315. The van der Waals surface area contributed by atoms with Gasteiger partial charge in [0, 0.05) is 36.0 Å². The maximum Gasteiger partial charge on any atom is 0.331 e. The van der Waals surface area contributed by atoms with E-state index < -0.39 is 21.1 Å². The molecule has 1 aromatic heterocycles. The molecule has 0 radical (unpaired) electrons. The first kappa shape index (κ1) is 19.7. The fourth-order valence-electron chi connectivity index (χ4n) is 2.87. The van der Waals surface area contributed by atoms with Crippen LogP contribution in [0.3, 0.4) is 0 Å². The van der Waals surface area contributed by atoms with Crippen molar-refractivity contribution in [1.29, 1.82) is 0 Å². The Morgan fingerprint density at radius 2 is 1.17 bits per heavy atom. The van der Waals surface area contributed by atoms with E-state index in [1.807, 2.05) is 0 Å². The molecule has 0 amide bonds. The molecule has 3 aromatic rings. The molecule has 29 heavy (non-hydrogen) atoms. The second-order valence-corrected chi connectivity index (χ2v) is 6.43. The first-order valence-corrected chi connectivity index (χ1v) is 8.54. The number of nitro groups is 2. The molecule has 0 fully saturated rings. The van der Waals surface area contributed by atoms with Crippen LogP contribution in [0.15, 0.2) is 64.2 Å². The van der Waals surface area contributed by atoms with Crippen molar-refractivity contribution in [3.8, 4) is 0 Å². The SMILES string of the molecule is Cc1cc(=O)n(Cc2ccc([N+](=O)[O-])cc2)c(=O)n1Cc1ccc([N+](=O)[O-])cc1. The summed E-state index contributed by atoms with van der Waals surface area (Å²) in [6.45, 7) is 1.74. The second kappa shape index (κ2) is 7.89. The van der Waals surface area contributed by atoms with Crippen LogP contribution in [0.4, 0.5) is 11.4 Å². The van der Waals surface area contributed by atoms with Gasteiger partial charge in [-0.05, 0) is 18.1 Å². The Kier molecular flexibility index (Phi) is 5.35. The summed E-state index contributed by atoms with van der Waals surface area (Å²) in [5.41, 5.74) is 0.541. The summed E-state index contributed by atoms with van der Waals surface area (Å²) in [4.78, 5) is 45.7. The first-order valence-electron chi connectivity index (χ1n) is 8.54. The molecule has 0 aliphatic heterocycles. The van der Waals surface area contributed by atoms with Crippen LogP contribution in [0.5, 0.6) is 0 Å². The summed E-state index contributed by atoms with van der Waals surface area (Å²) < 4.78 is 2.44. The maximum atomic E-state index is 12.9. The molecule has 1 heterocycles. The number of rotatable bonds is 6. The van der Waals surface area contributed by atoms with Crippen molar-refractivity contribution < 1.29 is 9.85 Å². The lowest BCUT2D eigenvalue weighted by atomic mass is 10.2. The van der Waals surface area contributed by atoms with E-state index in [4.69, 9.17) is 0 Å². The second-order valence-electron chi connectivity index (χ2n) is 6.43. The Hall–Kier alpha value is -4.08. The molecule has 0 spiro atoms. The lowest BCUT2D eigenvalue weighted by Gasteiger charge is -2.13. The van der Waals surface area contributed by atoms with Crippen molar-refractivity contribution in [3.63, 3.8) is 0 Å². The number of nitro benzene ring substituents is 2. The van der Waals surface area contributed by atoms with E-state index in [1.165, 1.54) is 47.0 Å². The zero-order valence-corrected chi connectivity index (χ0v) is 15.3. The van der Waals surface area contributed by atoms with Crippen molar-refractivity contribution >= 4 is 11.4 Å². The Balaban J connectivity index is 1.93. The summed E-state index contributed by atoms with van der Waals surface area (Å²) in [7, 11) is 0. The van der Waals surface area contributed by atoms with Crippen LogP contribution in [0.25, 0.3) is 0 Å². The Morgan fingerprint density at radius 3 is 1.59 bits per heavy atom. The van der Waals surface area contributed by atoms with Gasteiger partial charge in [-0.15, -0.1) is 0 Å². The third-order valence-electron chi connectivity index (χ3n) is 4.46. The van der Waals surface area contributed by atoms with Crippen LogP contribution < -0.4 is 11.2 Å². The number of aryl methyl sites for hydroxylation is 1. The quantitative estimate of drug-likeness (QED) is 0.464. The molecular formula is C19H16N4O6. The number of aromatic nitrogens is 2. The van der Waals surface area contributed by atoms with E-state index in [0.29, 0.717) is 16.8 Å². The molecule has 148 valence electrons. The molecule has 0 bridgehead atoms. The number of hydrogen-bond donors (Lipinski definition) is 0. The molecule has 10 heteroatoms. The predicted octanol–water partition coefficient (Wildman–Crippen LogP) is 2.23. The highest BCUT2D eigenvalue weighted by molar-refractivity contribution is 5.34. The number of benzene rings is 2. The molecule has 0 N–H and O–H groups in total. The van der Waals surface area contributed by atoms with E-state index in [1.54, 1.807) is 19.1 Å². The van der Waals surface area contributed by atoms with Crippen LogP contribution in [-0.2, 0) is 13.1 Å². The van der Waals surface area contributed by atoms with Crippen LogP contribution in [0.2, 0.25) is 0 Å². The zero-order chi connectivity index (χ0) is 21.1. The molecule has 0 aliphatic carbocycles. The van der Waals surface area contributed by atoms with Crippen molar-refractivity contribution in [3.05, 3.63) is 112 Å². The van der Waals surface area contributed by atoms with Gasteiger partial charge < -0.3 is 0 Å². The normalized spacial score (nSPS) is 10.7. The van der Waals surface area contributed by atoms with E-state index in [0.717, 1.165) is 4.57 Å². The van der Waals surface area contributed by atoms with Crippen molar-refractivity contribution in [2.24, 2.45) is 0 Å². The van der Waals surface area contributed by atoms with Crippen LogP contribution in [-0.4, -0.2) is 19.0 Å². The highest BCUT2D eigenvalue weighted by atomic mass is 16.6. The smallest absolute Gasteiger partial charge is 0.293 e. The highest BCUT2D eigenvalue weighted by Gasteiger charge is 2.12. The summed E-state index contributed by atoms with van der Waals surface area (Å²) in [5, 5.41) is 21.5. The van der Waals surface area contributed by atoms with Gasteiger partial charge >= 0.3 is 5.69 Å². The average molecular weight is 396 g/mol. The lowest BCUT2D eigenvalue weighted by Crippen LogP contribution is -2.41. The van der Waals surface area contributed by atoms with E-state index in [9.17, 15) is 29.8 Å². The number of non-ortho nitro benzene ring substituents is 2. The fraction of sp³-hybridized carbons (Fsp3) is 0.158. The van der Waals surface area contributed by atoms with Gasteiger partial charge in [0.25, 0.3) is 16.9 Å². The Bertz CT molecular complexity index is 1190. The standard InChI is InChI=1S/C19H16N4O6/c1-13-10-18(24)21(12-15-4-8-17(9-5-15)23(28)29)19(25)20(13)11-14-2-6-16(7-3-14)22(26)27/h2-10H,11-12H2,1H3. The molecule has 2 aromatic carbocycles. The zero-order valence-electron chi connectivity index (χ0n) is 15.3. The summed E-state index contributed by atoms with van der Waals surface area (Å²) >= 11 is 0. The van der Waals surface area contributed by atoms with Gasteiger partial charge in [-0.25, -0.2) is 4.79 Å². The molecule has 0 aliphatic rings. The van der Waals surface area contributed by atoms with Crippen LogP contribution in [0, 0.1) is 27.2 Å². The molecular weight excluding hydrogens is 380 g/mol. The third-order valence-corrected chi connectivity index (χ3v) is 4.46. The number of hydrogen-bond acceptors (Lipinski definition) is 6. The molecule has 10 nitrogen and oxygen atoms in total. The van der Waals surface area contributed by atoms with Crippen molar-refractivity contribution in [2.45, 2.75) is 20.0 Å². The highest BCUT2D eigenvalue weighted by Crippen LogP contribution is 2.14. The first-order chi connectivity index (χ1) is 13.8. The third kappa shape index (κ3) is 4.26. The van der Waals surface area contributed by atoms with E-state index in [-0.39, 0.29) is 24.5 Å². The molecule has 3 rings (SSSR count). The number of nitrogens with zero attached hydrogens (tertiary/aromatic N) is 4. The van der Waals surface area contributed by atoms with Gasteiger partial charge in [0.15, 0.2) is 0 Å². The van der Waals surface area contributed by atoms with E-state index in [2.05, 4.69) is 0 Å². The molecule has 0 saturated carbocycles. The predicted molar refractivity (Wildman–Crippen MR) is 104 cm³/mol. The molecule has 0 unspecified atom stereocenters. The summed E-state index contributed by atoms with van der Waals surface area (Å²) in [6, 6.07) is 12.7. The molecule has 0 atom stereocenters. The monoisotopic (exact) mass is 396 g/mol. The van der Waals surface area contributed by atoms with E-state index >= 15 is 0 Å².